The Bertz CT molecular complexity index is 713. The molecule has 3 rings (SSSR count). The van der Waals surface area contributed by atoms with E-state index in [2.05, 4.69) is 5.32 Å². The molecule has 1 aliphatic heterocycles. The lowest BCUT2D eigenvalue weighted by Crippen LogP contribution is -2.32. The molecule has 0 aromatic heterocycles. The number of para-hydroxylation sites is 1. The topological polar surface area (TPSA) is 58.6 Å². The Labute approximate surface area is 141 Å². The van der Waals surface area contributed by atoms with E-state index in [9.17, 15) is 9.59 Å². The highest BCUT2D eigenvalue weighted by Crippen LogP contribution is 2.25. The average molecular weight is 324 g/mol. The van der Waals surface area contributed by atoms with Gasteiger partial charge in [0.05, 0.1) is 13.0 Å². The van der Waals surface area contributed by atoms with Gasteiger partial charge in [-0.2, -0.15) is 0 Å². The molecule has 1 N–H and O–H groups in total. The van der Waals surface area contributed by atoms with Gasteiger partial charge >= 0.3 is 0 Å². The van der Waals surface area contributed by atoms with Gasteiger partial charge in [-0.15, -0.1) is 0 Å². The average Bonchev–Trinajstić information content (AvgIpc) is 3.02. The van der Waals surface area contributed by atoms with Crippen LogP contribution in [0.5, 0.6) is 5.75 Å². The van der Waals surface area contributed by atoms with E-state index in [1.54, 1.807) is 12.0 Å². The Kier molecular flexibility index (Phi) is 4.79. The highest BCUT2D eigenvalue weighted by atomic mass is 16.5. The summed E-state index contributed by atoms with van der Waals surface area (Å²) in [7, 11) is 1.62. The van der Waals surface area contributed by atoms with Gasteiger partial charge in [-0.1, -0.05) is 30.3 Å². The monoisotopic (exact) mass is 324 g/mol. The number of hydrogen-bond donors (Lipinski definition) is 1. The van der Waals surface area contributed by atoms with Gasteiger partial charge in [-0.05, 0) is 29.8 Å². The smallest absolute Gasteiger partial charge is 0.227 e. The van der Waals surface area contributed by atoms with Crippen LogP contribution in [0.1, 0.15) is 12.0 Å². The lowest BCUT2D eigenvalue weighted by molar-refractivity contribution is -0.126. The fraction of sp³-hybridized carbons (Fsp3) is 0.263. The highest BCUT2D eigenvalue weighted by molar-refractivity contribution is 6.00. The van der Waals surface area contributed by atoms with Crippen LogP contribution in [0.4, 0.5) is 5.69 Å². The summed E-state index contributed by atoms with van der Waals surface area (Å²) in [5.74, 6) is 0.379. The van der Waals surface area contributed by atoms with Gasteiger partial charge in [0.25, 0.3) is 0 Å². The van der Waals surface area contributed by atoms with Crippen molar-refractivity contribution < 1.29 is 14.3 Å². The van der Waals surface area contributed by atoms with Crippen molar-refractivity contribution in [2.45, 2.75) is 13.0 Å². The zero-order valence-electron chi connectivity index (χ0n) is 13.6. The summed E-state index contributed by atoms with van der Waals surface area (Å²) < 4.78 is 5.11. The predicted octanol–water partition coefficient (Wildman–Crippen LogP) is 2.36. The maximum Gasteiger partial charge on any atom is 0.227 e. The van der Waals surface area contributed by atoms with Crippen LogP contribution < -0.4 is 15.0 Å². The molecule has 0 unspecified atom stereocenters. The molecule has 0 radical (unpaired) electrons. The van der Waals surface area contributed by atoms with Gasteiger partial charge in [0.2, 0.25) is 11.8 Å². The molecule has 2 aromatic carbocycles. The molecule has 0 spiro atoms. The Morgan fingerprint density at radius 1 is 1.17 bits per heavy atom. The maximum atomic E-state index is 12.3. The van der Waals surface area contributed by atoms with E-state index < -0.39 is 0 Å². The molecule has 1 aliphatic rings. The normalized spacial score (nSPS) is 17.0. The van der Waals surface area contributed by atoms with Crippen molar-refractivity contribution in [2.75, 3.05) is 18.6 Å². The molecule has 24 heavy (non-hydrogen) atoms. The zero-order chi connectivity index (χ0) is 16.9. The first-order valence-electron chi connectivity index (χ1n) is 7.93. The molecule has 1 saturated heterocycles. The molecule has 0 aliphatic carbocycles. The third kappa shape index (κ3) is 3.56. The molecule has 0 saturated carbocycles. The number of rotatable bonds is 5. The summed E-state index contributed by atoms with van der Waals surface area (Å²) in [5.41, 5.74) is 1.83. The summed E-state index contributed by atoms with van der Waals surface area (Å²) >= 11 is 0. The van der Waals surface area contributed by atoms with E-state index in [1.807, 2.05) is 54.6 Å². The number of amides is 2. The highest BCUT2D eigenvalue weighted by Gasteiger charge is 2.34. The minimum Gasteiger partial charge on any atom is -0.497 e. The summed E-state index contributed by atoms with van der Waals surface area (Å²) in [6.45, 7) is 0.871. The minimum absolute atomic E-state index is 0.00852. The van der Waals surface area contributed by atoms with Crippen LogP contribution in [-0.2, 0) is 16.1 Å². The molecule has 0 bridgehead atoms. The summed E-state index contributed by atoms with van der Waals surface area (Å²) in [5, 5.41) is 2.91. The molecule has 1 atom stereocenters. The number of benzene rings is 2. The summed E-state index contributed by atoms with van der Waals surface area (Å²) in [4.78, 5) is 26.2. The molecule has 2 amide bonds. The number of ether oxygens (including phenoxy) is 1. The van der Waals surface area contributed by atoms with E-state index >= 15 is 0 Å². The fourth-order valence-electron chi connectivity index (χ4n) is 2.82. The van der Waals surface area contributed by atoms with Crippen molar-refractivity contribution in [3.05, 3.63) is 60.2 Å². The van der Waals surface area contributed by atoms with Crippen molar-refractivity contribution in [2.24, 2.45) is 5.92 Å². The number of nitrogens with zero attached hydrogens (tertiary/aromatic N) is 1. The second kappa shape index (κ2) is 7.17. The molecule has 5 heteroatoms. The number of carbonyl (C=O) groups is 2. The Balaban J connectivity index is 1.57. The van der Waals surface area contributed by atoms with Gasteiger partial charge in [0.15, 0.2) is 0 Å². The lowest BCUT2D eigenvalue weighted by atomic mass is 10.1. The number of hydrogen-bond acceptors (Lipinski definition) is 3. The first-order valence-corrected chi connectivity index (χ1v) is 7.93. The van der Waals surface area contributed by atoms with Crippen LogP contribution in [-0.4, -0.2) is 25.5 Å². The fourth-order valence-corrected chi connectivity index (χ4v) is 2.82. The summed E-state index contributed by atoms with van der Waals surface area (Å²) in [6, 6.07) is 17.0. The molecule has 124 valence electrons. The Morgan fingerprint density at radius 3 is 2.54 bits per heavy atom. The van der Waals surface area contributed by atoms with Crippen molar-refractivity contribution >= 4 is 17.5 Å². The van der Waals surface area contributed by atoms with Gasteiger partial charge in [-0.25, -0.2) is 0 Å². The van der Waals surface area contributed by atoms with Crippen molar-refractivity contribution in [3.8, 4) is 5.75 Å². The van der Waals surface area contributed by atoms with Crippen LogP contribution >= 0.6 is 0 Å². The van der Waals surface area contributed by atoms with Crippen molar-refractivity contribution in [1.29, 1.82) is 0 Å². The van der Waals surface area contributed by atoms with Gasteiger partial charge in [0, 0.05) is 25.2 Å². The van der Waals surface area contributed by atoms with Crippen LogP contribution in [0.15, 0.2) is 54.6 Å². The minimum atomic E-state index is -0.309. The van der Waals surface area contributed by atoms with Gasteiger partial charge in [-0.3, -0.25) is 9.59 Å². The number of methoxy groups -OCH3 is 1. The lowest BCUT2D eigenvalue weighted by Gasteiger charge is -2.16. The van der Waals surface area contributed by atoms with Crippen molar-refractivity contribution in [1.82, 2.24) is 5.32 Å². The van der Waals surface area contributed by atoms with Gasteiger partial charge < -0.3 is 15.0 Å². The van der Waals surface area contributed by atoms with Crippen LogP contribution in [0.3, 0.4) is 0 Å². The maximum absolute atomic E-state index is 12.3. The number of carbonyl (C=O) groups excluding carboxylic acids is 2. The standard InChI is InChI=1S/C19H20N2O3/c1-24-17-9-7-14(8-10-17)12-20-19(23)15-11-18(22)21(13-15)16-5-3-2-4-6-16/h2-10,15H,11-13H2,1H3,(H,20,23)/t15-/m0/s1. The molecule has 1 heterocycles. The van der Waals surface area contributed by atoms with E-state index in [-0.39, 0.29) is 24.2 Å². The van der Waals surface area contributed by atoms with Crippen LogP contribution in [0.2, 0.25) is 0 Å². The first-order chi connectivity index (χ1) is 11.7. The first kappa shape index (κ1) is 16.1. The molecular weight excluding hydrogens is 304 g/mol. The Hall–Kier alpha value is -2.82. The van der Waals surface area contributed by atoms with Gasteiger partial charge in [0.1, 0.15) is 5.75 Å². The predicted molar refractivity (Wildman–Crippen MR) is 91.7 cm³/mol. The quantitative estimate of drug-likeness (QED) is 0.918. The second-order valence-corrected chi connectivity index (χ2v) is 5.81. The molecule has 5 nitrogen and oxygen atoms in total. The third-order valence-corrected chi connectivity index (χ3v) is 4.19. The molecule has 1 fully saturated rings. The summed E-state index contributed by atoms with van der Waals surface area (Å²) in [6.07, 6.45) is 0.253. The van der Waals surface area contributed by atoms with E-state index in [4.69, 9.17) is 4.74 Å². The SMILES string of the molecule is COc1ccc(CNC(=O)[C@H]2CC(=O)N(c3ccccc3)C2)cc1. The largest absolute Gasteiger partial charge is 0.497 e. The second-order valence-electron chi connectivity index (χ2n) is 5.81. The Morgan fingerprint density at radius 2 is 1.88 bits per heavy atom. The number of anilines is 1. The van der Waals surface area contributed by atoms with Crippen LogP contribution in [0, 0.1) is 5.92 Å². The third-order valence-electron chi connectivity index (χ3n) is 4.19. The van der Waals surface area contributed by atoms with Crippen LogP contribution in [0.25, 0.3) is 0 Å². The van der Waals surface area contributed by atoms with Crippen molar-refractivity contribution in [3.63, 3.8) is 0 Å². The van der Waals surface area contributed by atoms with E-state index in [0.717, 1.165) is 17.0 Å². The number of nitrogens with one attached hydrogen (secondary N) is 1. The zero-order valence-corrected chi connectivity index (χ0v) is 13.6. The molecule has 2 aromatic rings. The molecular formula is C19H20N2O3. The van der Waals surface area contributed by atoms with E-state index in [0.29, 0.717) is 13.1 Å². The van der Waals surface area contributed by atoms with E-state index in [1.165, 1.54) is 0 Å².